The normalized spacial score (nSPS) is 16.5. The minimum absolute atomic E-state index is 0.0942. The molecule has 2 rings (SSSR count). The van der Waals surface area contributed by atoms with Crippen molar-refractivity contribution in [3.05, 3.63) is 29.3 Å². The molecule has 1 amide bonds. The molecule has 1 heterocycles. The van der Waals surface area contributed by atoms with Crippen molar-refractivity contribution in [3.63, 3.8) is 0 Å². The van der Waals surface area contributed by atoms with Gasteiger partial charge in [0, 0.05) is 25.3 Å². The first-order chi connectivity index (χ1) is 12.5. The van der Waals surface area contributed by atoms with Gasteiger partial charge in [0.15, 0.2) is 0 Å². The minimum atomic E-state index is -0.472. The Morgan fingerprint density at radius 3 is 2.77 bits per heavy atom. The highest BCUT2D eigenvalue weighted by Gasteiger charge is 2.26. The fourth-order valence-electron chi connectivity index (χ4n) is 3.21. The summed E-state index contributed by atoms with van der Waals surface area (Å²) in [4.78, 5) is 12.4. The smallest absolute Gasteiger partial charge is 0.237 e. The Hall–Kier alpha value is -1.59. The summed E-state index contributed by atoms with van der Waals surface area (Å²) in [5.41, 5.74) is 8.29. The highest BCUT2D eigenvalue weighted by atomic mass is 16.5. The fourth-order valence-corrected chi connectivity index (χ4v) is 3.21. The summed E-state index contributed by atoms with van der Waals surface area (Å²) < 4.78 is 11.3. The number of nitrogens with two attached hydrogens (primary N) is 1. The Labute approximate surface area is 157 Å². The Morgan fingerprint density at radius 2 is 2.08 bits per heavy atom. The van der Waals surface area contributed by atoms with Crippen LogP contribution < -0.4 is 15.8 Å². The van der Waals surface area contributed by atoms with Crippen LogP contribution in [-0.2, 0) is 16.1 Å². The molecule has 0 radical (unpaired) electrons. The van der Waals surface area contributed by atoms with E-state index in [1.54, 1.807) is 0 Å². The predicted octanol–water partition coefficient (Wildman–Crippen LogP) is 3.18. The van der Waals surface area contributed by atoms with Crippen LogP contribution >= 0.6 is 0 Å². The maximum atomic E-state index is 12.4. The summed E-state index contributed by atoms with van der Waals surface area (Å²) in [6.45, 7) is 9.00. The van der Waals surface area contributed by atoms with E-state index in [1.165, 1.54) is 0 Å². The van der Waals surface area contributed by atoms with Crippen molar-refractivity contribution in [2.24, 2.45) is 17.6 Å². The zero-order chi connectivity index (χ0) is 18.9. The maximum absolute atomic E-state index is 12.4. The number of hydrogen-bond donors (Lipinski definition) is 2. The van der Waals surface area contributed by atoms with Crippen molar-refractivity contribution in [1.29, 1.82) is 0 Å². The van der Waals surface area contributed by atoms with Gasteiger partial charge >= 0.3 is 0 Å². The van der Waals surface area contributed by atoms with E-state index in [4.69, 9.17) is 15.2 Å². The summed E-state index contributed by atoms with van der Waals surface area (Å²) in [6, 6.07) is 5.63. The Bertz CT molecular complexity index is 568. The number of carbonyl (C=O) groups excluding carboxylic acids is 1. The van der Waals surface area contributed by atoms with E-state index in [-0.39, 0.29) is 11.8 Å². The third kappa shape index (κ3) is 6.61. The average molecular weight is 363 g/mol. The van der Waals surface area contributed by atoms with Crippen LogP contribution in [0.3, 0.4) is 0 Å². The lowest BCUT2D eigenvalue weighted by atomic mass is 9.92. The first-order valence-electron chi connectivity index (χ1n) is 9.80. The van der Waals surface area contributed by atoms with Gasteiger partial charge in [0.05, 0.1) is 12.6 Å². The molecule has 0 bridgehead atoms. The standard InChI is InChI=1S/C21H34N2O3/c1-15(2)5-4-10-26-19-13-16(3)6-7-18(19)14-23-21(24)20(22)17-8-11-25-12-9-17/h6-7,13,15,17,20H,4-5,8-12,14,22H2,1-3H3,(H,23,24). The molecule has 5 heteroatoms. The summed E-state index contributed by atoms with van der Waals surface area (Å²) in [7, 11) is 0. The van der Waals surface area contributed by atoms with Crippen molar-refractivity contribution in [2.75, 3.05) is 19.8 Å². The molecule has 1 aliphatic rings. The van der Waals surface area contributed by atoms with Crippen molar-refractivity contribution >= 4 is 5.91 Å². The molecule has 0 aromatic heterocycles. The topological polar surface area (TPSA) is 73.6 Å². The summed E-state index contributed by atoms with van der Waals surface area (Å²) in [5.74, 6) is 1.65. The van der Waals surface area contributed by atoms with E-state index in [0.29, 0.717) is 32.3 Å². The second-order valence-electron chi connectivity index (χ2n) is 7.69. The summed E-state index contributed by atoms with van der Waals surface area (Å²) in [6.07, 6.45) is 3.89. The number of benzene rings is 1. The van der Waals surface area contributed by atoms with Crippen LogP contribution in [0.1, 0.15) is 50.7 Å². The van der Waals surface area contributed by atoms with Crippen molar-refractivity contribution in [2.45, 2.75) is 59.0 Å². The largest absolute Gasteiger partial charge is 0.493 e. The molecular weight excluding hydrogens is 328 g/mol. The third-order valence-corrected chi connectivity index (χ3v) is 4.94. The second-order valence-corrected chi connectivity index (χ2v) is 7.69. The van der Waals surface area contributed by atoms with E-state index < -0.39 is 6.04 Å². The second kappa shape index (κ2) is 10.5. The molecule has 26 heavy (non-hydrogen) atoms. The monoisotopic (exact) mass is 362 g/mol. The van der Waals surface area contributed by atoms with Gasteiger partial charge in [-0.3, -0.25) is 4.79 Å². The number of carbonyl (C=O) groups is 1. The number of nitrogens with one attached hydrogen (secondary N) is 1. The quantitative estimate of drug-likeness (QED) is 0.662. The van der Waals surface area contributed by atoms with Crippen molar-refractivity contribution in [1.82, 2.24) is 5.32 Å². The lowest BCUT2D eigenvalue weighted by Gasteiger charge is -2.26. The van der Waals surface area contributed by atoms with Crippen molar-refractivity contribution < 1.29 is 14.3 Å². The molecule has 1 unspecified atom stereocenters. The van der Waals surface area contributed by atoms with E-state index in [1.807, 2.05) is 25.1 Å². The molecule has 1 aromatic carbocycles. The Morgan fingerprint density at radius 1 is 1.35 bits per heavy atom. The SMILES string of the molecule is Cc1ccc(CNC(=O)C(N)C2CCOCC2)c(OCCCC(C)C)c1. The Balaban J connectivity index is 1.88. The minimum Gasteiger partial charge on any atom is -0.493 e. The zero-order valence-corrected chi connectivity index (χ0v) is 16.4. The first kappa shape index (κ1) is 20.7. The lowest BCUT2D eigenvalue weighted by molar-refractivity contribution is -0.124. The van der Waals surface area contributed by atoms with Crippen LogP contribution in [0, 0.1) is 18.8 Å². The third-order valence-electron chi connectivity index (χ3n) is 4.94. The highest BCUT2D eigenvalue weighted by molar-refractivity contribution is 5.81. The maximum Gasteiger partial charge on any atom is 0.237 e. The number of ether oxygens (including phenoxy) is 2. The van der Waals surface area contributed by atoms with E-state index in [0.717, 1.165) is 42.6 Å². The molecule has 146 valence electrons. The van der Waals surface area contributed by atoms with Gasteiger partial charge in [0.2, 0.25) is 5.91 Å². The van der Waals surface area contributed by atoms with Crippen LogP contribution in [-0.4, -0.2) is 31.8 Å². The zero-order valence-electron chi connectivity index (χ0n) is 16.4. The fraction of sp³-hybridized carbons (Fsp3) is 0.667. The van der Waals surface area contributed by atoms with Gasteiger partial charge in [-0.2, -0.15) is 0 Å². The molecule has 0 spiro atoms. The van der Waals surface area contributed by atoms with Crippen LogP contribution in [0.5, 0.6) is 5.75 Å². The summed E-state index contributed by atoms with van der Waals surface area (Å²) in [5, 5.41) is 2.98. The molecule has 1 fully saturated rings. The number of rotatable bonds is 9. The average Bonchev–Trinajstić information content (AvgIpc) is 2.64. The summed E-state index contributed by atoms with van der Waals surface area (Å²) >= 11 is 0. The lowest BCUT2D eigenvalue weighted by Crippen LogP contribution is -2.46. The van der Waals surface area contributed by atoms with E-state index >= 15 is 0 Å². The van der Waals surface area contributed by atoms with Gasteiger partial charge in [-0.25, -0.2) is 0 Å². The number of hydrogen-bond acceptors (Lipinski definition) is 4. The molecule has 1 aromatic rings. The van der Waals surface area contributed by atoms with Gasteiger partial charge < -0.3 is 20.5 Å². The molecular formula is C21H34N2O3. The predicted molar refractivity (Wildman–Crippen MR) is 104 cm³/mol. The van der Waals surface area contributed by atoms with Gasteiger partial charge in [-0.15, -0.1) is 0 Å². The molecule has 0 saturated carbocycles. The van der Waals surface area contributed by atoms with Crippen molar-refractivity contribution in [3.8, 4) is 5.75 Å². The van der Waals surface area contributed by atoms with Crippen LogP contribution in [0.2, 0.25) is 0 Å². The molecule has 1 atom stereocenters. The number of amides is 1. The highest BCUT2D eigenvalue weighted by Crippen LogP contribution is 2.22. The van der Waals surface area contributed by atoms with Gasteiger partial charge in [-0.05, 0) is 56.1 Å². The molecule has 5 nitrogen and oxygen atoms in total. The number of aryl methyl sites for hydroxylation is 1. The molecule has 1 aliphatic heterocycles. The van der Waals surface area contributed by atoms with Gasteiger partial charge in [-0.1, -0.05) is 26.0 Å². The van der Waals surface area contributed by atoms with E-state index in [9.17, 15) is 4.79 Å². The van der Waals surface area contributed by atoms with Crippen LogP contribution in [0.4, 0.5) is 0 Å². The molecule has 1 saturated heterocycles. The Kier molecular flexibility index (Phi) is 8.39. The molecule has 0 aliphatic carbocycles. The first-order valence-corrected chi connectivity index (χ1v) is 9.80. The van der Waals surface area contributed by atoms with Gasteiger partial charge in [0.1, 0.15) is 5.75 Å². The van der Waals surface area contributed by atoms with E-state index in [2.05, 4.69) is 19.2 Å². The molecule has 3 N–H and O–H groups in total. The van der Waals surface area contributed by atoms with Crippen LogP contribution in [0.15, 0.2) is 18.2 Å². The van der Waals surface area contributed by atoms with Crippen LogP contribution in [0.25, 0.3) is 0 Å². The van der Waals surface area contributed by atoms with Gasteiger partial charge in [0.25, 0.3) is 0 Å².